The van der Waals surface area contributed by atoms with Gasteiger partial charge in [0.2, 0.25) is 0 Å². The van der Waals surface area contributed by atoms with Gasteiger partial charge >= 0.3 is 0 Å². The van der Waals surface area contributed by atoms with Gasteiger partial charge in [0, 0.05) is 12.6 Å². The molecule has 7 nitrogen and oxygen atoms in total. The molecule has 1 aromatic rings. The Kier molecular flexibility index (Phi) is 4.16. The summed E-state index contributed by atoms with van der Waals surface area (Å²) in [6.45, 7) is 3.00. The minimum atomic E-state index is -0.420. The van der Waals surface area contributed by atoms with E-state index in [1.165, 1.54) is 12.1 Å². The highest BCUT2D eigenvalue weighted by Crippen LogP contribution is 2.33. The van der Waals surface area contributed by atoms with Crippen molar-refractivity contribution in [2.24, 2.45) is 5.84 Å². The van der Waals surface area contributed by atoms with Gasteiger partial charge in [-0.2, -0.15) is 0 Å². The Balaban J connectivity index is 2.29. The number of nitrogens with zero attached hydrogens (tertiary/aromatic N) is 3. The maximum Gasteiger partial charge on any atom is 0.276 e. The van der Waals surface area contributed by atoms with Gasteiger partial charge in [0.05, 0.1) is 17.1 Å². The molecule has 19 heavy (non-hydrogen) atoms. The molecular weight excluding hydrogens is 246 g/mol. The molecule has 1 saturated carbocycles. The predicted octanol–water partition coefficient (Wildman–Crippen LogP) is 2.04. The maximum absolute atomic E-state index is 10.9. The van der Waals surface area contributed by atoms with Crippen LogP contribution in [0.3, 0.4) is 0 Å². The van der Waals surface area contributed by atoms with Crippen molar-refractivity contribution in [1.29, 1.82) is 0 Å². The molecule has 104 valence electrons. The second kappa shape index (κ2) is 5.83. The molecule has 3 N–H and O–H groups in total. The SMILES string of the molecule is CCCCN(c1cc([N+](=O)[O-])cc(NN)n1)C1CC1. The molecule has 2 rings (SSSR count). The molecular formula is C12H19N5O2. The summed E-state index contributed by atoms with van der Waals surface area (Å²) in [6.07, 6.45) is 4.38. The molecule has 0 atom stereocenters. The van der Waals surface area contributed by atoms with Crippen molar-refractivity contribution in [3.8, 4) is 0 Å². The lowest BCUT2D eigenvalue weighted by atomic mass is 10.3. The quantitative estimate of drug-likeness (QED) is 0.445. The van der Waals surface area contributed by atoms with E-state index in [2.05, 4.69) is 22.2 Å². The van der Waals surface area contributed by atoms with E-state index in [1.54, 1.807) is 0 Å². The largest absolute Gasteiger partial charge is 0.353 e. The van der Waals surface area contributed by atoms with Crippen LogP contribution in [0.15, 0.2) is 12.1 Å². The number of aromatic nitrogens is 1. The zero-order chi connectivity index (χ0) is 13.8. The Labute approximate surface area is 111 Å². The van der Waals surface area contributed by atoms with E-state index in [4.69, 9.17) is 5.84 Å². The normalized spacial score (nSPS) is 14.2. The monoisotopic (exact) mass is 265 g/mol. The van der Waals surface area contributed by atoms with E-state index in [1.807, 2.05) is 0 Å². The molecule has 0 saturated heterocycles. The van der Waals surface area contributed by atoms with E-state index in [-0.39, 0.29) is 5.69 Å². The molecule has 1 heterocycles. The summed E-state index contributed by atoms with van der Waals surface area (Å²) in [5, 5.41) is 10.9. The average Bonchev–Trinajstić information content (AvgIpc) is 3.23. The van der Waals surface area contributed by atoms with Gasteiger partial charge in [0.25, 0.3) is 5.69 Å². The number of anilines is 2. The fraction of sp³-hybridized carbons (Fsp3) is 0.583. The summed E-state index contributed by atoms with van der Waals surface area (Å²) in [5.74, 6) is 6.29. The molecule has 0 aliphatic heterocycles. The minimum Gasteiger partial charge on any atom is -0.353 e. The van der Waals surface area contributed by atoms with Gasteiger partial charge in [-0.1, -0.05) is 13.3 Å². The Morgan fingerprint density at radius 3 is 2.84 bits per heavy atom. The van der Waals surface area contributed by atoms with Crippen LogP contribution in [-0.2, 0) is 0 Å². The van der Waals surface area contributed by atoms with Gasteiger partial charge in [-0.05, 0) is 19.3 Å². The summed E-state index contributed by atoms with van der Waals surface area (Å²) in [7, 11) is 0. The van der Waals surface area contributed by atoms with Gasteiger partial charge in [-0.25, -0.2) is 10.8 Å². The van der Waals surface area contributed by atoms with Crippen LogP contribution in [0.2, 0.25) is 0 Å². The maximum atomic E-state index is 10.9. The molecule has 7 heteroatoms. The molecule has 1 aliphatic carbocycles. The number of unbranched alkanes of at least 4 members (excludes halogenated alkanes) is 1. The third-order valence-electron chi connectivity index (χ3n) is 3.19. The van der Waals surface area contributed by atoms with Gasteiger partial charge in [0.15, 0.2) is 0 Å². The number of nitrogens with one attached hydrogen (secondary N) is 1. The molecule has 1 aliphatic rings. The van der Waals surface area contributed by atoms with Crippen LogP contribution in [0.1, 0.15) is 32.6 Å². The molecule has 0 radical (unpaired) electrons. The smallest absolute Gasteiger partial charge is 0.276 e. The van der Waals surface area contributed by atoms with Crippen molar-refractivity contribution < 1.29 is 4.92 Å². The zero-order valence-corrected chi connectivity index (χ0v) is 11.0. The first-order valence-electron chi connectivity index (χ1n) is 6.55. The molecule has 0 spiro atoms. The number of hydrogen-bond acceptors (Lipinski definition) is 6. The lowest BCUT2D eigenvalue weighted by Crippen LogP contribution is -2.28. The zero-order valence-electron chi connectivity index (χ0n) is 11.0. The fourth-order valence-electron chi connectivity index (χ4n) is 2.03. The van der Waals surface area contributed by atoms with Gasteiger partial charge in [-0.15, -0.1) is 0 Å². The number of nitrogens with two attached hydrogens (primary N) is 1. The third kappa shape index (κ3) is 3.31. The van der Waals surface area contributed by atoms with Crippen LogP contribution in [0.25, 0.3) is 0 Å². The summed E-state index contributed by atoms with van der Waals surface area (Å²) in [6, 6.07) is 3.33. The van der Waals surface area contributed by atoms with Crippen LogP contribution in [0, 0.1) is 10.1 Å². The molecule has 1 aromatic heterocycles. The number of nitrogen functional groups attached to an aromatic ring is 1. The van der Waals surface area contributed by atoms with E-state index in [9.17, 15) is 10.1 Å². The number of rotatable bonds is 7. The van der Waals surface area contributed by atoms with Gasteiger partial charge in [0.1, 0.15) is 11.6 Å². The molecule has 0 bridgehead atoms. The third-order valence-corrected chi connectivity index (χ3v) is 3.19. The topological polar surface area (TPSA) is 97.3 Å². The van der Waals surface area contributed by atoms with E-state index < -0.39 is 4.92 Å². The Morgan fingerprint density at radius 1 is 1.58 bits per heavy atom. The van der Waals surface area contributed by atoms with Crippen LogP contribution < -0.4 is 16.2 Å². The highest BCUT2D eigenvalue weighted by molar-refractivity contribution is 5.56. The minimum absolute atomic E-state index is 0.0140. The second-order valence-corrected chi connectivity index (χ2v) is 4.75. The van der Waals surface area contributed by atoms with Crippen molar-refractivity contribution in [3.05, 3.63) is 22.2 Å². The predicted molar refractivity (Wildman–Crippen MR) is 74.0 cm³/mol. The summed E-state index contributed by atoms with van der Waals surface area (Å²) < 4.78 is 0. The first-order valence-corrected chi connectivity index (χ1v) is 6.55. The Morgan fingerprint density at radius 2 is 2.32 bits per heavy atom. The van der Waals surface area contributed by atoms with Crippen LogP contribution in [0.4, 0.5) is 17.3 Å². The lowest BCUT2D eigenvalue weighted by Gasteiger charge is -2.23. The van der Waals surface area contributed by atoms with E-state index in [0.29, 0.717) is 17.7 Å². The standard InChI is InChI=1S/C12H19N5O2/c1-2-3-6-16(9-4-5-9)12-8-10(17(18)19)7-11(14-12)15-13/h7-9H,2-6,13H2,1H3,(H,14,15). The van der Waals surface area contributed by atoms with Crippen LogP contribution >= 0.6 is 0 Å². The highest BCUT2D eigenvalue weighted by atomic mass is 16.6. The van der Waals surface area contributed by atoms with E-state index in [0.717, 1.165) is 32.2 Å². The number of hydrogen-bond donors (Lipinski definition) is 2. The molecule has 0 unspecified atom stereocenters. The second-order valence-electron chi connectivity index (χ2n) is 4.75. The van der Waals surface area contributed by atoms with Crippen molar-refractivity contribution in [2.75, 3.05) is 16.9 Å². The summed E-state index contributed by atoms with van der Waals surface area (Å²) >= 11 is 0. The van der Waals surface area contributed by atoms with E-state index >= 15 is 0 Å². The van der Waals surface area contributed by atoms with Crippen LogP contribution in [0.5, 0.6) is 0 Å². The fourth-order valence-corrected chi connectivity index (χ4v) is 2.03. The van der Waals surface area contributed by atoms with Crippen molar-refractivity contribution in [3.63, 3.8) is 0 Å². The Hall–Kier alpha value is -1.89. The first-order chi connectivity index (χ1) is 9.15. The number of hydrazine groups is 1. The number of pyridine rings is 1. The molecule has 1 fully saturated rings. The van der Waals surface area contributed by atoms with Crippen molar-refractivity contribution in [2.45, 2.75) is 38.6 Å². The van der Waals surface area contributed by atoms with Gasteiger partial charge < -0.3 is 10.3 Å². The van der Waals surface area contributed by atoms with Crippen molar-refractivity contribution >= 4 is 17.3 Å². The first kappa shape index (κ1) is 13.5. The molecule has 0 amide bonds. The highest BCUT2D eigenvalue weighted by Gasteiger charge is 2.30. The number of nitro groups is 1. The average molecular weight is 265 g/mol. The summed E-state index contributed by atoms with van der Waals surface area (Å²) in [4.78, 5) is 17.0. The summed E-state index contributed by atoms with van der Waals surface area (Å²) in [5.41, 5.74) is 2.40. The van der Waals surface area contributed by atoms with Crippen LogP contribution in [-0.4, -0.2) is 22.5 Å². The van der Waals surface area contributed by atoms with Crippen molar-refractivity contribution in [1.82, 2.24) is 4.98 Å². The lowest BCUT2D eigenvalue weighted by molar-refractivity contribution is -0.384. The van der Waals surface area contributed by atoms with Gasteiger partial charge in [-0.3, -0.25) is 10.1 Å². The molecule has 0 aromatic carbocycles. The Bertz CT molecular complexity index is 461.